The molecule has 0 heterocycles. The van der Waals surface area contributed by atoms with Crippen LogP contribution in [0.5, 0.6) is 5.75 Å². The molecule has 0 atom stereocenters. The standard InChI is InChI=1S/C10H9NO3S/c1-6-9(15)4-3-8(11-5-12)10(6)14-7(2)13/h3-4,15H,1-2H3. The number of isocyanates is 1. The molecule has 5 heteroatoms. The summed E-state index contributed by atoms with van der Waals surface area (Å²) in [6.07, 6.45) is 1.40. The molecule has 15 heavy (non-hydrogen) atoms. The average molecular weight is 223 g/mol. The van der Waals surface area contributed by atoms with Crippen LogP contribution >= 0.6 is 12.6 Å². The van der Waals surface area contributed by atoms with Crippen molar-refractivity contribution < 1.29 is 14.3 Å². The summed E-state index contributed by atoms with van der Waals surface area (Å²) < 4.78 is 4.95. The molecular formula is C10H9NO3S. The number of hydrogen-bond acceptors (Lipinski definition) is 5. The van der Waals surface area contributed by atoms with Crippen molar-refractivity contribution in [3.63, 3.8) is 0 Å². The first-order chi connectivity index (χ1) is 7.06. The summed E-state index contributed by atoms with van der Waals surface area (Å²) in [5.74, 6) is -0.224. The van der Waals surface area contributed by atoms with E-state index in [1.54, 1.807) is 19.1 Å². The van der Waals surface area contributed by atoms with Gasteiger partial charge in [0.05, 0.1) is 0 Å². The SMILES string of the molecule is CC(=O)Oc1c(N=C=O)ccc(S)c1C. The summed E-state index contributed by atoms with van der Waals surface area (Å²) in [5.41, 5.74) is 0.931. The van der Waals surface area contributed by atoms with Crippen molar-refractivity contribution in [2.24, 2.45) is 4.99 Å². The van der Waals surface area contributed by atoms with E-state index in [0.717, 1.165) is 0 Å². The van der Waals surface area contributed by atoms with E-state index in [9.17, 15) is 9.59 Å². The first-order valence-corrected chi connectivity index (χ1v) is 4.60. The number of benzene rings is 1. The third-order valence-electron chi connectivity index (χ3n) is 1.77. The van der Waals surface area contributed by atoms with E-state index in [-0.39, 0.29) is 11.4 Å². The van der Waals surface area contributed by atoms with Crippen LogP contribution in [-0.4, -0.2) is 12.0 Å². The van der Waals surface area contributed by atoms with Gasteiger partial charge in [-0.1, -0.05) is 0 Å². The van der Waals surface area contributed by atoms with Crippen LogP contribution in [0.1, 0.15) is 12.5 Å². The van der Waals surface area contributed by atoms with Gasteiger partial charge in [0.2, 0.25) is 6.08 Å². The van der Waals surface area contributed by atoms with Crippen molar-refractivity contribution in [3.05, 3.63) is 17.7 Å². The second-order valence-electron chi connectivity index (χ2n) is 2.85. The zero-order valence-electron chi connectivity index (χ0n) is 8.27. The second-order valence-corrected chi connectivity index (χ2v) is 3.34. The highest BCUT2D eigenvalue weighted by molar-refractivity contribution is 7.80. The molecule has 0 fully saturated rings. The zero-order valence-corrected chi connectivity index (χ0v) is 9.17. The van der Waals surface area contributed by atoms with Crippen LogP contribution in [0.15, 0.2) is 22.0 Å². The fourth-order valence-electron chi connectivity index (χ4n) is 1.08. The molecule has 0 aliphatic carbocycles. The Morgan fingerprint density at radius 1 is 1.53 bits per heavy atom. The lowest BCUT2D eigenvalue weighted by atomic mass is 10.2. The molecule has 4 nitrogen and oxygen atoms in total. The Kier molecular flexibility index (Phi) is 3.66. The van der Waals surface area contributed by atoms with Crippen LogP contribution < -0.4 is 4.74 Å². The van der Waals surface area contributed by atoms with Gasteiger partial charge in [0, 0.05) is 17.4 Å². The monoisotopic (exact) mass is 223 g/mol. The molecule has 0 bridgehead atoms. The number of rotatable bonds is 2. The van der Waals surface area contributed by atoms with Gasteiger partial charge in [-0.25, -0.2) is 4.79 Å². The van der Waals surface area contributed by atoms with Crippen molar-refractivity contribution in [3.8, 4) is 5.75 Å². The van der Waals surface area contributed by atoms with Gasteiger partial charge < -0.3 is 4.74 Å². The van der Waals surface area contributed by atoms with E-state index in [1.807, 2.05) is 0 Å². The maximum Gasteiger partial charge on any atom is 0.308 e. The fraction of sp³-hybridized carbons (Fsp3) is 0.200. The predicted octanol–water partition coefficient (Wildman–Crippen LogP) is 2.18. The predicted molar refractivity (Wildman–Crippen MR) is 57.5 cm³/mol. The van der Waals surface area contributed by atoms with Crippen molar-refractivity contribution >= 4 is 30.4 Å². The summed E-state index contributed by atoms with van der Waals surface area (Å²) in [6, 6.07) is 3.21. The Morgan fingerprint density at radius 2 is 2.20 bits per heavy atom. The number of nitrogens with zero attached hydrogens (tertiary/aromatic N) is 1. The van der Waals surface area contributed by atoms with E-state index in [1.165, 1.54) is 13.0 Å². The van der Waals surface area contributed by atoms with Crippen LogP contribution in [0.3, 0.4) is 0 Å². The van der Waals surface area contributed by atoms with Gasteiger partial charge >= 0.3 is 5.97 Å². The molecule has 1 aromatic rings. The van der Waals surface area contributed by atoms with Crippen molar-refractivity contribution in [2.45, 2.75) is 18.7 Å². The van der Waals surface area contributed by atoms with Crippen molar-refractivity contribution in [1.29, 1.82) is 0 Å². The van der Waals surface area contributed by atoms with E-state index in [2.05, 4.69) is 17.6 Å². The first kappa shape index (κ1) is 11.5. The van der Waals surface area contributed by atoms with Gasteiger partial charge in [-0.2, -0.15) is 4.99 Å². The molecule has 0 saturated carbocycles. The van der Waals surface area contributed by atoms with E-state index in [4.69, 9.17) is 4.74 Å². The summed E-state index contributed by atoms with van der Waals surface area (Å²) in [5, 5.41) is 0. The van der Waals surface area contributed by atoms with Crippen LogP contribution in [-0.2, 0) is 9.59 Å². The molecule has 0 aliphatic heterocycles. The van der Waals surface area contributed by atoms with Gasteiger partial charge in [0.1, 0.15) is 5.69 Å². The lowest BCUT2D eigenvalue weighted by Crippen LogP contribution is -2.03. The second kappa shape index (κ2) is 4.77. The van der Waals surface area contributed by atoms with E-state index < -0.39 is 5.97 Å². The number of esters is 1. The van der Waals surface area contributed by atoms with Gasteiger partial charge in [0.25, 0.3) is 0 Å². The molecule has 0 N–H and O–H groups in total. The van der Waals surface area contributed by atoms with Crippen LogP contribution in [0.2, 0.25) is 0 Å². The Labute approximate surface area is 92.4 Å². The topological polar surface area (TPSA) is 55.7 Å². The minimum absolute atomic E-state index is 0.248. The van der Waals surface area contributed by atoms with Gasteiger partial charge in [0.15, 0.2) is 5.75 Å². The summed E-state index contributed by atoms with van der Waals surface area (Å²) >= 11 is 4.17. The lowest BCUT2D eigenvalue weighted by molar-refractivity contribution is -0.131. The van der Waals surface area contributed by atoms with Crippen LogP contribution in [0, 0.1) is 6.92 Å². The average Bonchev–Trinajstić information content (AvgIpc) is 2.17. The Balaban J connectivity index is 3.33. The maximum atomic E-state index is 10.8. The normalized spacial score (nSPS) is 9.27. The third kappa shape index (κ3) is 2.68. The van der Waals surface area contributed by atoms with E-state index >= 15 is 0 Å². The highest BCUT2D eigenvalue weighted by Gasteiger charge is 2.11. The first-order valence-electron chi connectivity index (χ1n) is 4.15. The molecule has 1 aromatic carbocycles. The van der Waals surface area contributed by atoms with Gasteiger partial charge in [-0.3, -0.25) is 4.79 Å². The van der Waals surface area contributed by atoms with Crippen LogP contribution in [0.25, 0.3) is 0 Å². The smallest absolute Gasteiger partial charge is 0.308 e. The summed E-state index contributed by atoms with van der Waals surface area (Å²) in [6.45, 7) is 3.00. The molecule has 0 aromatic heterocycles. The molecule has 78 valence electrons. The summed E-state index contributed by atoms with van der Waals surface area (Å²) in [4.78, 5) is 25.1. The highest BCUT2D eigenvalue weighted by Crippen LogP contribution is 2.34. The highest BCUT2D eigenvalue weighted by atomic mass is 32.1. The number of aliphatic imine (C=N–C) groups is 1. The number of thiol groups is 1. The molecule has 0 unspecified atom stereocenters. The minimum Gasteiger partial charge on any atom is -0.424 e. The number of ether oxygens (including phenoxy) is 1. The quantitative estimate of drug-likeness (QED) is 0.275. The third-order valence-corrected chi connectivity index (χ3v) is 2.25. The largest absolute Gasteiger partial charge is 0.424 e. The molecule has 0 amide bonds. The Bertz CT molecular complexity index is 450. The van der Waals surface area contributed by atoms with Crippen molar-refractivity contribution in [2.75, 3.05) is 0 Å². The Hall–Kier alpha value is -1.58. The minimum atomic E-state index is -0.473. The number of carbonyl (C=O) groups excluding carboxylic acids is 2. The lowest BCUT2D eigenvalue weighted by Gasteiger charge is -2.09. The van der Waals surface area contributed by atoms with Crippen LogP contribution in [0.4, 0.5) is 5.69 Å². The molecule has 0 spiro atoms. The van der Waals surface area contributed by atoms with E-state index in [0.29, 0.717) is 10.5 Å². The fourth-order valence-corrected chi connectivity index (χ4v) is 1.25. The summed E-state index contributed by atoms with van der Waals surface area (Å²) in [7, 11) is 0. The van der Waals surface area contributed by atoms with Gasteiger partial charge in [-0.15, -0.1) is 12.6 Å². The Morgan fingerprint density at radius 3 is 2.73 bits per heavy atom. The maximum absolute atomic E-state index is 10.8. The van der Waals surface area contributed by atoms with Crippen molar-refractivity contribution in [1.82, 2.24) is 0 Å². The molecule has 1 rings (SSSR count). The zero-order chi connectivity index (χ0) is 11.4. The molecule has 0 saturated heterocycles. The van der Waals surface area contributed by atoms with Gasteiger partial charge in [-0.05, 0) is 19.1 Å². The molecule has 0 radical (unpaired) electrons. The molecule has 0 aliphatic rings. The molecular weight excluding hydrogens is 214 g/mol. The number of carbonyl (C=O) groups is 1. The number of hydrogen-bond donors (Lipinski definition) is 1.